The van der Waals surface area contributed by atoms with Gasteiger partial charge in [-0.25, -0.2) is 9.86 Å². The fourth-order valence-electron chi connectivity index (χ4n) is 2.12. The first-order valence-corrected chi connectivity index (χ1v) is 8.31. The monoisotopic (exact) mass is 377 g/mol. The van der Waals surface area contributed by atoms with Crippen molar-refractivity contribution in [1.29, 1.82) is 0 Å². The number of halogens is 1. The highest BCUT2D eigenvalue weighted by Gasteiger charge is 2.34. The van der Waals surface area contributed by atoms with Crippen LogP contribution < -0.4 is 4.74 Å². The summed E-state index contributed by atoms with van der Waals surface area (Å²) in [6, 6.07) is 15.3. The number of hydrogen-bond donors (Lipinski definition) is 1. The molecule has 0 bridgehead atoms. The van der Waals surface area contributed by atoms with E-state index in [1.54, 1.807) is 68.4 Å². The average Bonchev–Trinajstić information content (AvgIpc) is 2.62. The van der Waals surface area contributed by atoms with Crippen LogP contribution in [-0.4, -0.2) is 28.9 Å². The van der Waals surface area contributed by atoms with E-state index in [0.717, 1.165) is 0 Å². The zero-order valence-electron chi connectivity index (χ0n) is 14.5. The predicted octanol–water partition coefficient (Wildman–Crippen LogP) is 4.30. The zero-order chi connectivity index (χ0) is 19.2. The van der Waals surface area contributed by atoms with Crippen molar-refractivity contribution < 1.29 is 24.3 Å². The van der Waals surface area contributed by atoms with Gasteiger partial charge in [0, 0.05) is 5.02 Å². The highest BCUT2D eigenvalue weighted by atomic mass is 35.5. The number of hydrogen-bond acceptors (Lipinski definition) is 5. The number of amides is 1. The van der Waals surface area contributed by atoms with Crippen molar-refractivity contribution in [2.75, 3.05) is 6.61 Å². The van der Waals surface area contributed by atoms with E-state index in [4.69, 9.17) is 21.1 Å². The first-order valence-electron chi connectivity index (χ1n) is 7.93. The van der Waals surface area contributed by atoms with Crippen LogP contribution in [0.5, 0.6) is 5.75 Å². The molecule has 0 unspecified atom stereocenters. The molecule has 0 aliphatic rings. The van der Waals surface area contributed by atoms with Crippen molar-refractivity contribution >= 4 is 23.7 Å². The summed E-state index contributed by atoms with van der Waals surface area (Å²) in [4.78, 5) is 24.2. The molecule has 26 heavy (non-hydrogen) atoms. The van der Waals surface area contributed by atoms with Gasteiger partial charge >= 0.3 is 6.16 Å². The summed E-state index contributed by atoms with van der Waals surface area (Å²) in [6.07, 6.45) is -0.923. The Hall–Kier alpha value is -2.57. The van der Waals surface area contributed by atoms with Crippen molar-refractivity contribution in [2.45, 2.75) is 20.4 Å². The Balaban J connectivity index is 1.90. The van der Waals surface area contributed by atoms with E-state index in [-0.39, 0.29) is 13.2 Å². The molecule has 0 spiro atoms. The zero-order valence-corrected chi connectivity index (χ0v) is 15.3. The molecule has 2 rings (SSSR count). The number of benzene rings is 2. The van der Waals surface area contributed by atoms with Gasteiger partial charge in [0.1, 0.15) is 12.4 Å². The molecule has 0 saturated heterocycles. The highest BCUT2D eigenvalue weighted by Crippen LogP contribution is 2.23. The first kappa shape index (κ1) is 19.8. The van der Waals surface area contributed by atoms with Gasteiger partial charge in [-0.15, -0.1) is 0 Å². The van der Waals surface area contributed by atoms with Crippen LogP contribution in [0.3, 0.4) is 0 Å². The molecule has 0 aliphatic carbocycles. The maximum absolute atomic E-state index is 12.5. The number of carbonyl (C=O) groups is 2. The quantitative estimate of drug-likeness (QED) is 0.351. The number of para-hydroxylation sites is 1. The minimum absolute atomic E-state index is 0.0730. The minimum atomic E-state index is -1.15. The molecule has 0 fully saturated rings. The fraction of sp³-hybridized carbons (Fsp3) is 0.263. The molecule has 1 N–H and O–H groups in total. The number of nitrogens with zero attached hydrogens (tertiary/aromatic N) is 1. The van der Waals surface area contributed by atoms with Gasteiger partial charge in [0.15, 0.2) is 0 Å². The van der Waals surface area contributed by atoms with E-state index in [1.165, 1.54) is 0 Å². The van der Waals surface area contributed by atoms with Crippen molar-refractivity contribution in [2.24, 2.45) is 5.41 Å². The first-order chi connectivity index (χ1) is 12.3. The van der Waals surface area contributed by atoms with Crippen LogP contribution in [0.1, 0.15) is 19.4 Å². The molecule has 138 valence electrons. The predicted molar refractivity (Wildman–Crippen MR) is 96.0 cm³/mol. The third kappa shape index (κ3) is 5.47. The Morgan fingerprint density at radius 1 is 1.08 bits per heavy atom. The van der Waals surface area contributed by atoms with Gasteiger partial charge < -0.3 is 9.47 Å². The number of ether oxygens (including phenoxy) is 2. The summed E-state index contributed by atoms with van der Waals surface area (Å²) in [7, 11) is 0. The lowest BCUT2D eigenvalue weighted by Gasteiger charge is -2.27. The van der Waals surface area contributed by atoms with E-state index >= 15 is 0 Å². The molecule has 0 aliphatic heterocycles. The van der Waals surface area contributed by atoms with Crippen LogP contribution in [-0.2, 0) is 16.1 Å². The summed E-state index contributed by atoms with van der Waals surface area (Å²) in [5.41, 5.74) is -0.545. The smallest absolute Gasteiger partial charge is 0.433 e. The van der Waals surface area contributed by atoms with Crippen LogP contribution in [0, 0.1) is 5.41 Å². The summed E-state index contributed by atoms with van der Waals surface area (Å²) in [6.45, 7) is 2.79. The minimum Gasteiger partial charge on any atom is -0.433 e. The lowest BCUT2D eigenvalue weighted by molar-refractivity contribution is -0.180. The molecular weight excluding hydrogens is 358 g/mol. The van der Waals surface area contributed by atoms with E-state index in [1.807, 2.05) is 0 Å². The number of rotatable bonds is 6. The van der Waals surface area contributed by atoms with Crippen LogP contribution in [0.4, 0.5) is 4.79 Å². The second-order valence-corrected chi connectivity index (χ2v) is 6.70. The van der Waals surface area contributed by atoms with Crippen LogP contribution in [0.2, 0.25) is 5.02 Å². The van der Waals surface area contributed by atoms with Gasteiger partial charge in [0.05, 0.1) is 12.0 Å². The molecule has 2 aromatic rings. The SMILES string of the molecule is CC(C)(COC(=O)Oc1ccccc1)C(=O)N(O)Cc1ccccc1Cl. The number of carbonyl (C=O) groups excluding carboxylic acids is 2. The Morgan fingerprint density at radius 2 is 1.69 bits per heavy atom. The third-order valence-corrected chi connectivity index (χ3v) is 3.96. The molecule has 0 radical (unpaired) electrons. The molecule has 0 aromatic heterocycles. The summed E-state index contributed by atoms with van der Waals surface area (Å²) in [5.74, 6) is -0.269. The van der Waals surface area contributed by atoms with Crippen LogP contribution in [0.15, 0.2) is 54.6 Å². The molecule has 1 amide bonds. The van der Waals surface area contributed by atoms with Crippen molar-refractivity contribution in [3.8, 4) is 5.75 Å². The third-order valence-electron chi connectivity index (χ3n) is 3.59. The lowest BCUT2D eigenvalue weighted by atomic mass is 9.93. The van der Waals surface area contributed by atoms with Gasteiger partial charge in [0.2, 0.25) is 0 Å². The van der Waals surface area contributed by atoms with Crippen LogP contribution >= 0.6 is 11.6 Å². The molecule has 0 saturated carbocycles. The van der Waals surface area contributed by atoms with Gasteiger partial charge in [-0.1, -0.05) is 48.0 Å². The second-order valence-electron chi connectivity index (χ2n) is 6.29. The molecule has 7 heteroatoms. The summed E-state index contributed by atoms with van der Waals surface area (Å²) in [5, 5.41) is 11.1. The Labute approximate surface area is 156 Å². The maximum atomic E-state index is 12.5. The highest BCUT2D eigenvalue weighted by molar-refractivity contribution is 6.31. The van der Waals surface area contributed by atoms with E-state index in [9.17, 15) is 14.8 Å². The standard InChI is InChI=1S/C19H20ClNO5/c1-19(2,13-25-18(23)26-15-9-4-3-5-10-15)17(22)21(24)12-14-8-6-7-11-16(14)20/h3-11,24H,12-13H2,1-2H3. The number of hydroxylamine groups is 2. The van der Waals surface area contributed by atoms with Gasteiger partial charge in [-0.3, -0.25) is 10.0 Å². The second kappa shape index (κ2) is 8.69. The van der Waals surface area contributed by atoms with Gasteiger partial charge in [-0.05, 0) is 37.6 Å². The Kier molecular flexibility index (Phi) is 6.60. The van der Waals surface area contributed by atoms with Crippen LogP contribution in [0.25, 0.3) is 0 Å². The van der Waals surface area contributed by atoms with E-state index in [0.29, 0.717) is 21.4 Å². The molecule has 2 aromatic carbocycles. The maximum Gasteiger partial charge on any atom is 0.513 e. The molecular formula is C19H20ClNO5. The van der Waals surface area contributed by atoms with Crippen molar-refractivity contribution in [3.05, 3.63) is 65.2 Å². The van der Waals surface area contributed by atoms with E-state index < -0.39 is 17.5 Å². The summed E-state index contributed by atoms with van der Waals surface area (Å²) < 4.78 is 10.0. The van der Waals surface area contributed by atoms with E-state index in [2.05, 4.69) is 0 Å². The largest absolute Gasteiger partial charge is 0.513 e. The van der Waals surface area contributed by atoms with Gasteiger partial charge in [0.25, 0.3) is 5.91 Å². The fourth-order valence-corrected chi connectivity index (χ4v) is 2.32. The van der Waals surface area contributed by atoms with Crippen molar-refractivity contribution in [3.63, 3.8) is 0 Å². The molecule has 0 atom stereocenters. The Bertz CT molecular complexity index is 764. The topological polar surface area (TPSA) is 76.1 Å². The molecule has 0 heterocycles. The summed E-state index contributed by atoms with van der Waals surface area (Å²) >= 11 is 6.03. The average molecular weight is 378 g/mol. The molecule has 6 nitrogen and oxygen atoms in total. The normalized spacial score (nSPS) is 10.9. The van der Waals surface area contributed by atoms with Crippen molar-refractivity contribution in [1.82, 2.24) is 5.06 Å². The lowest BCUT2D eigenvalue weighted by Crippen LogP contribution is -2.41. The Morgan fingerprint density at radius 3 is 2.35 bits per heavy atom. The van der Waals surface area contributed by atoms with Gasteiger partial charge in [-0.2, -0.15) is 0 Å².